The molecule has 0 aliphatic carbocycles. The van der Waals surface area contributed by atoms with Crippen molar-refractivity contribution < 1.29 is 4.79 Å². The largest absolute Gasteiger partial charge is 0.335 e. The highest BCUT2D eigenvalue weighted by molar-refractivity contribution is 6.42. The van der Waals surface area contributed by atoms with Crippen molar-refractivity contribution in [2.24, 2.45) is 0 Å². The summed E-state index contributed by atoms with van der Waals surface area (Å²) in [4.78, 5) is 14.3. The second-order valence-corrected chi connectivity index (χ2v) is 5.80. The van der Waals surface area contributed by atoms with Crippen LogP contribution in [0.2, 0.25) is 10.0 Å². The maximum Gasteiger partial charge on any atom is 0.223 e. The molecule has 112 valence electrons. The van der Waals surface area contributed by atoms with E-state index in [2.05, 4.69) is 13.8 Å². The second-order valence-electron chi connectivity index (χ2n) is 4.99. The molecule has 2 nitrogen and oxygen atoms in total. The third-order valence-corrected chi connectivity index (χ3v) is 4.24. The van der Waals surface area contributed by atoms with Gasteiger partial charge in [-0.25, -0.2) is 0 Å². The van der Waals surface area contributed by atoms with Gasteiger partial charge in [-0.05, 0) is 37.0 Å². The molecule has 0 atom stereocenters. The van der Waals surface area contributed by atoms with Crippen LogP contribution >= 0.6 is 23.2 Å². The summed E-state index contributed by atoms with van der Waals surface area (Å²) in [5.74, 6) is 0.215. The van der Waals surface area contributed by atoms with E-state index < -0.39 is 0 Å². The first-order chi connectivity index (χ1) is 9.53. The number of carbonyl (C=O) groups excluding carboxylic acids is 1. The summed E-state index contributed by atoms with van der Waals surface area (Å²) >= 11 is 12.0. The maximum absolute atomic E-state index is 12.3. The Balaban J connectivity index is 2.92. The molecule has 0 aliphatic heterocycles. The second kappa shape index (κ2) is 8.53. The zero-order valence-corrected chi connectivity index (χ0v) is 14.0. The van der Waals surface area contributed by atoms with Gasteiger partial charge in [0.15, 0.2) is 0 Å². The fourth-order valence-corrected chi connectivity index (χ4v) is 2.66. The van der Waals surface area contributed by atoms with Gasteiger partial charge in [-0.1, -0.05) is 50.0 Å². The van der Waals surface area contributed by atoms with Crippen LogP contribution in [0.15, 0.2) is 18.2 Å². The molecule has 0 saturated heterocycles. The molecule has 0 unspecified atom stereocenters. The quantitative estimate of drug-likeness (QED) is 0.667. The summed E-state index contributed by atoms with van der Waals surface area (Å²) in [5, 5.41) is 1.08. The average molecular weight is 316 g/mol. The molecule has 1 aromatic rings. The molecule has 0 bridgehead atoms. The first-order valence-corrected chi connectivity index (χ1v) is 8.02. The summed E-state index contributed by atoms with van der Waals surface area (Å²) in [6.45, 7) is 6.87. The summed E-state index contributed by atoms with van der Waals surface area (Å²) in [5.41, 5.74) is 1.02. The Morgan fingerprint density at radius 2 is 1.80 bits per heavy atom. The van der Waals surface area contributed by atoms with Crippen LogP contribution in [0.5, 0.6) is 0 Å². The Labute approximate surface area is 132 Å². The number of hydrogen-bond donors (Lipinski definition) is 0. The van der Waals surface area contributed by atoms with Crippen LogP contribution in [0.4, 0.5) is 0 Å². The van der Waals surface area contributed by atoms with E-state index in [1.165, 1.54) is 0 Å². The van der Waals surface area contributed by atoms with Gasteiger partial charge in [-0.15, -0.1) is 0 Å². The molecular weight excluding hydrogens is 293 g/mol. The Bertz CT molecular complexity index is 444. The highest BCUT2D eigenvalue weighted by atomic mass is 35.5. The van der Waals surface area contributed by atoms with Gasteiger partial charge in [0.25, 0.3) is 0 Å². The topological polar surface area (TPSA) is 20.3 Å². The molecule has 0 N–H and O–H groups in total. The Hall–Kier alpha value is -0.730. The molecule has 1 rings (SSSR count). The summed E-state index contributed by atoms with van der Waals surface area (Å²) in [6.07, 6.45) is 3.40. The minimum atomic E-state index is 0.215. The third kappa shape index (κ3) is 4.68. The van der Waals surface area contributed by atoms with Crippen molar-refractivity contribution in [2.75, 3.05) is 0 Å². The lowest BCUT2D eigenvalue weighted by Crippen LogP contribution is -2.39. The van der Waals surface area contributed by atoms with Crippen LogP contribution in [0.3, 0.4) is 0 Å². The zero-order valence-electron chi connectivity index (χ0n) is 12.5. The van der Waals surface area contributed by atoms with E-state index in [-0.39, 0.29) is 11.9 Å². The van der Waals surface area contributed by atoms with Crippen molar-refractivity contribution in [1.82, 2.24) is 4.90 Å². The lowest BCUT2D eigenvalue weighted by Gasteiger charge is -2.31. The molecule has 1 aromatic carbocycles. The summed E-state index contributed by atoms with van der Waals surface area (Å²) in [6, 6.07) is 5.85. The van der Waals surface area contributed by atoms with Crippen LogP contribution in [-0.2, 0) is 11.3 Å². The fraction of sp³-hybridized carbons (Fsp3) is 0.562. The van der Waals surface area contributed by atoms with Crippen LogP contribution in [0, 0.1) is 0 Å². The lowest BCUT2D eigenvalue weighted by molar-refractivity contribution is -0.134. The molecule has 20 heavy (non-hydrogen) atoms. The van der Waals surface area contributed by atoms with E-state index in [0.717, 1.165) is 24.8 Å². The maximum atomic E-state index is 12.3. The van der Waals surface area contributed by atoms with Crippen molar-refractivity contribution in [2.45, 2.75) is 59.0 Å². The van der Waals surface area contributed by atoms with Gasteiger partial charge in [-0.2, -0.15) is 0 Å². The molecule has 1 amide bonds. The number of benzene rings is 1. The van der Waals surface area contributed by atoms with Crippen LogP contribution < -0.4 is 0 Å². The van der Waals surface area contributed by atoms with Gasteiger partial charge < -0.3 is 4.90 Å². The predicted octanol–water partition coefficient (Wildman–Crippen LogP) is 5.31. The minimum absolute atomic E-state index is 0.215. The molecule has 0 spiro atoms. The predicted molar refractivity (Wildman–Crippen MR) is 86.3 cm³/mol. The van der Waals surface area contributed by atoms with Crippen LogP contribution in [-0.4, -0.2) is 16.8 Å². The van der Waals surface area contributed by atoms with Crippen molar-refractivity contribution in [3.8, 4) is 0 Å². The van der Waals surface area contributed by atoms with Crippen LogP contribution in [0.25, 0.3) is 0 Å². The van der Waals surface area contributed by atoms with Gasteiger partial charge in [0.05, 0.1) is 10.0 Å². The summed E-state index contributed by atoms with van der Waals surface area (Å²) in [7, 11) is 0. The fourth-order valence-electron chi connectivity index (χ4n) is 2.34. The van der Waals surface area contributed by atoms with Crippen molar-refractivity contribution in [3.63, 3.8) is 0 Å². The molecule has 4 heteroatoms. The first-order valence-electron chi connectivity index (χ1n) is 7.26. The zero-order chi connectivity index (χ0) is 15.1. The van der Waals surface area contributed by atoms with Crippen molar-refractivity contribution in [3.05, 3.63) is 33.8 Å². The molecule has 0 fully saturated rings. The molecule has 0 saturated carbocycles. The summed E-state index contributed by atoms with van der Waals surface area (Å²) < 4.78 is 0. The third-order valence-electron chi connectivity index (χ3n) is 3.50. The van der Waals surface area contributed by atoms with Gasteiger partial charge in [0.1, 0.15) is 0 Å². The van der Waals surface area contributed by atoms with E-state index >= 15 is 0 Å². The number of hydrogen-bond acceptors (Lipinski definition) is 1. The molecule has 0 radical (unpaired) electrons. The van der Waals surface area contributed by atoms with E-state index in [0.29, 0.717) is 23.0 Å². The monoisotopic (exact) mass is 315 g/mol. The van der Waals surface area contributed by atoms with Gasteiger partial charge in [0.2, 0.25) is 5.91 Å². The normalized spacial score (nSPS) is 10.9. The van der Waals surface area contributed by atoms with E-state index in [1.54, 1.807) is 6.07 Å². The molecule has 0 aliphatic rings. The molecule has 0 aromatic heterocycles. The van der Waals surface area contributed by atoms with Crippen molar-refractivity contribution >= 4 is 29.1 Å². The number of carbonyl (C=O) groups is 1. The SMILES string of the molecule is CCCC(=O)N(Cc1ccc(Cl)c(Cl)c1)C(CC)CC. The standard InChI is InChI=1S/C16H23Cl2NO/c1-4-7-16(20)19(13(5-2)6-3)11-12-8-9-14(17)15(18)10-12/h8-10,13H,4-7,11H2,1-3H3. The highest BCUT2D eigenvalue weighted by Gasteiger charge is 2.20. The molecular formula is C16H23Cl2NO. The number of halogens is 2. The number of rotatable bonds is 7. The number of nitrogens with zero attached hydrogens (tertiary/aromatic N) is 1. The van der Waals surface area contributed by atoms with E-state index in [9.17, 15) is 4.79 Å². The van der Waals surface area contributed by atoms with E-state index in [1.807, 2.05) is 24.0 Å². The Morgan fingerprint density at radius 3 is 2.30 bits per heavy atom. The first kappa shape index (κ1) is 17.3. The smallest absolute Gasteiger partial charge is 0.223 e. The van der Waals surface area contributed by atoms with E-state index in [4.69, 9.17) is 23.2 Å². The van der Waals surface area contributed by atoms with Gasteiger partial charge >= 0.3 is 0 Å². The Kier molecular flexibility index (Phi) is 7.39. The molecule has 0 heterocycles. The Morgan fingerprint density at radius 1 is 1.15 bits per heavy atom. The number of amides is 1. The van der Waals surface area contributed by atoms with Crippen LogP contribution in [0.1, 0.15) is 52.0 Å². The average Bonchev–Trinajstić information content (AvgIpc) is 2.43. The van der Waals surface area contributed by atoms with Gasteiger partial charge in [0, 0.05) is 19.0 Å². The highest BCUT2D eigenvalue weighted by Crippen LogP contribution is 2.24. The van der Waals surface area contributed by atoms with Crippen molar-refractivity contribution in [1.29, 1.82) is 0 Å². The minimum Gasteiger partial charge on any atom is -0.335 e. The lowest BCUT2D eigenvalue weighted by atomic mass is 10.1. The van der Waals surface area contributed by atoms with Gasteiger partial charge in [-0.3, -0.25) is 4.79 Å².